The normalized spacial score (nSPS) is 14.9. The highest BCUT2D eigenvalue weighted by Gasteiger charge is 2.17. The van der Waals surface area contributed by atoms with Crippen LogP contribution in [0, 0.1) is 0 Å². The highest BCUT2D eigenvalue weighted by atomic mass is 28.1. The molecular formula is C11H25NO4Si. The number of rotatable bonds is 9. The first-order valence-electron chi connectivity index (χ1n) is 6.21. The van der Waals surface area contributed by atoms with Crippen LogP contribution in [-0.4, -0.2) is 53.4 Å². The van der Waals surface area contributed by atoms with Crippen LogP contribution in [0.5, 0.6) is 0 Å². The number of nitrogens with one attached hydrogen (secondary N) is 1. The van der Waals surface area contributed by atoms with Crippen LogP contribution < -0.4 is 5.32 Å². The Hall–Kier alpha value is -0.433. The summed E-state index contributed by atoms with van der Waals surface area (Å²) in [4.78, 5) is 11.1. The fourth-order valence-electron chi connectivity index (χ4n) is 1.41. The number of ether oxygens (including phenoxy) is 2. The minimum atomic E-state index is -0.947. The van der Waals surface area contributed by atoms with Crippen LogP contribution in [-0.2, 0) is 14.3 Å². The molecule has 0 aromatic carbocycles. The largest absolute Gasteiger partial charge is 0.384 e. The number of hydrogen-bond donors (Lipinski definition) is 2. The van der Waals surface area contributed by atoms with Gasteiger partial charge in [-0.2, -0.15) is 0 Å². The number of carbonyl (C=O) groups excluding carboxylic acids is 1. The average Bonchev–Trinajstić information content (AvgIpc) is 2.28. The first-order chi connectivity index (χ1) is 8.02. The van der Waals surface area contributed by atoms with Gasteiger partial charge in [0.2, 0.25) is 5.91 Å². The maximum atomic E-state index is 11.1. The van der Waals surface area contributed by atoms with Crippen molar-refractivity contribution in [1.82, 2.24) is 5.32 Å². The lowest BCUT2D eigenvalue weighted by molar-refractivity contribution is -0.139. The summed E-state index contributed by atoms with van der Waals surface area (Å²) >= 11 is 0. The number of amides is 1. The average molecular weight is 263 g/mol. The molecule has 2 N–H and O–H groups in total. The number of hydrogen-bond acceptors (Lipinski definition) is 4. The van der Waals surface area contributed by atoms with E-state index < -0.39 is 6.10 Å². The van der Waals surface area contributed by atoms with E-state index in [4.69, 9.17) is 14.6 Å². The highest BCUT2D eigenvalue weighted by molar-refractivity contribution is 6.11. The van der Waals surface area contributed by atoms with E-state index in [-0.39, 0.29) is 12.2 Å². The van der Waals surface area contributed by atoms with E-state index in [0.717, 1.165) is 16.7 Å². The lowest BCUT2D eigenvalue weighted by Crippen LogP contribution is -2.34. The fourth-order valence-corrected chi connectivity index (χ4v) is 2.09. The van der Waals surface area contributed by atoms with Crippen LogP contribution in [0.4, 0.5) is 0 Å². The standard InChI is InChI=1S/C11H25NO4Si/c1-4-15-11(16-5-2)9(17)6-7-12-10(14)8(3)13/h8-9,11,13H,4-7H2,1-3,17H3,(H,12,14). The lowest BCUT2D eigenvalue weighted by Gasteiger charge is -2.23. The van der Waals surface area contributed by atoms with Gasteiger partial charge in [0.15, 0.2) is 6.29 Å². The van der Waals surface area contributed by atoms with Crippen molar-refractivity contribution >= 4 is 16.1 Å². The molecule has 0 aromatic heterocycles. The molecule has 0 aliphatic carbocycles. The summed E-state index contributed by atoms with van der Waals surface area (Å²) in [6, 6.07) is 0. The van der Waals surface area contributed by atoms with Crippen LogP contribution in [0.1, 0.15) is 27.2 Å². The van der Waals surface area contributed by atoms with Crippen LogP contribution >= 0.6 is 0 Å². The minimum absolute atomic E-state index is 0.167. The zero-order chi connectivity index (χ0) is 13.3. The Kier molecular flexibility index (Phi) is 9.34. The molecule has 0 aromatic rings. The van der Waals surface area contributed by atoms with E-state index in [1.807, 2.05) is 13.8 Å². The highest BCUT2D eigenvalue weighted by Crippen LogP contribution is 2.16. The molecule has 102 valence electrons. The third kappa shape index (κ3) is 7.48. The van der Waals surface area contributed by atoms with Crippen molar-refractivity contribution in [2.45, 2.75) is 45.1 Å². The molecule has 0 saturated carbocycles. The molecule has 0 fully saturated rings. The van der Waals surface area contributed by atoms with Crippen LogP contribution in [0.3, 0.4) is 0 Å². The van der Waals surface area contributed by atoms with Gasteiger partial charge in [0, 0.05) is 30.0 Å². The summed E-state index contributed by atoms with van der Waals surface area (Å²) in [6.07, 6.45) is -0.299. The van der Waals surface area contributed by atoms with Crippen molar-refractivity contribution in [3.05, 3.63) is 0 Å². The van der Waals surface area contributed by atoms with Crippen molar-refractivity contribution in [2.24, 2.45) is 0 Å². The predicted molar refractivity (Wildman–Crippen MR) is 70.0 cm³/mol. The summed E-state index contributed by atoms with van der Waals surface area (Å²) in [5.74, 6) is -0.330. The molecule has 0 aliphatic rings. The second kappa shape index (κ2) is 9.58. The zero-order valence-electron chi connectivity index (χ0n) is 11.2. The van der Waals surface area contributed by atoms with Crippen molar-refractivity contribution < 1.29 is 19.4 Å². The Labute approximate surface area is 106 Å². The minimum Gasteiger partial charge on any atom is -0.384 e. The Morgan fingerprint density at radius 2 is 1.88 bits per heavy atom. The van der Waals surface area contributed by atoms with Crippen molar-refractivity contribution in [1.29, 1.82) is 0 Å². The topological polar surface area (TPSA) is 67.8 Å². The molecule has 0 heterocycles. The number of aliphatic hydroxyl groups excluding tert-OH is 1. The third-order valence-corrected chi connectivity index (χ3v) is 3.53. The van der Waals surface area contributed by atoms with Crippen molar-refractivity contribution in [3.63, 3.8) is 0 Å². The van der Waals surface area contributed by atoms with Gasteiger partial charge in [0.25, 0.3) is 0 Å². The second-order valence-electron chi connectivity index (χ2n) is 4.01. The summed E-state index contributed by atoms with van der Waals surface area (Å²) in [7, 11) is 0.943. The Bertz CT molecular complexity index is 208. The van der Waals surface area contributed by atoms with Gasteiger partial charge in [-0.1, -0.05) is 0 Å². The molecule has 5 nitrogen and oxygen atoms in total. The molecule has 0 saturated heterocycles. The molecule has 2 unspecified atom stereocenters. The first-order valence-corrected chi connectivity index (χ1v) is 7.37. The van der Waals surface area contributed by atoms with E-state index in [9.17, 15) is 4.79 Å². The third-order valence-electron chi connectivity index (χ3n) is 2.40. The van der Waals surface area contributed by atoms with Gasteiger partial charge in [-0.3, -0.25) is 4.79 Å². The molecule has 17 heavy (non-hydrogen) atoms. The Morgan fingerprint density at radius 3 is 2.29 bits per heavy atom. The van der Waals surface area contributed by atoms with E-state index in [1.54, 1.807) is 0 Å². The van der Waals surface area contributed by atoms with Gasteiger partial charge >= 0.3 is 0 Å². The van der Waals surface area contributed by atoms with Crippen LogP contribution in [0.15, 0.2) is 0 Å². The second-order valence-corrected chi connectivity index (χ2v) is 5.50. The van der Waals surface area contributed by atoms with E-state index in [2.05, 4.69) is 5.32 Å². The van der Waals surface area contributed by atoms with Gasteiger partial charge in [0.05, 0.1) is 0 Å². The molecule has 0 rings (SSSR count). The summed E-state index contributed by atoms with van der Waals surface area (Å²) in [6.45, 7) is 7.14. The maximum absolute atomic E-state index is 11.1. The van der Waals surface area contributed by atoms with Crippen LogP contribution in [0.25, 0.3) is 0 Å². The van der Waals surface area contributed by atoms with E-state index in [0.29, 0.717) is 25.3 Å². The van der Waals surface area contributed by atoms with Gasteiger partial charge in [-0.15, -0.1) is 0 Å². The molecule has 6 heteroatoms. The Balaban J connectivity index is 3.88. The lowest BCUT2D eigenvalue weighted by atomic mass is 10.2. The Morgan fingerprint density at radius 1 is 1.35 bits per heavy atom. The molecule has 1 amide bonds. The smallest absolute Gasteiger partial charge is 0.248 e. The monoisotopic (exact) mass is 263 g/mol. The van der Waals surface area contributed by atoms with Gasteiger partial charge in [-0.05, 0) is 32.7 Å². The molecule has 2 atom stereocenters. The summed E-state index contributed by atoms with van der Waals surface area (Å²) in [5.41, 5.74) is 0.337. The van der Waals surface area contributed by atoms with Crippen LogP contribution in [0.2, 0.25) is 5.54 Å². The SMILES string of the molecule is CCOC(OCC)C([SiH3])CCNC(=O)C(C)O. The molecule has 0 aliphatic heterocycles. The van der Waals surface area contributed by atoms with Gasteiger partial charge in [0.1, 0.15) is 6.10 Å². The first kappa shape index (κ1) is 16.6. The fraction of sp³-hybridized carbons (Fsp3) is 0.909. The molecule has 0 radical (unpaired) electrons. The van der Waals surface area contributed by atoms with E-state index in [1.165, 1.54) is 6.92 Å². The molecule has 0 bridgehead atoms. The predicted octanol–water partition coefficient (Wildman–Crippen LogP) is -0.574. The number of aliphatic hydroxyl groups is 1. The maximum Gasteiger partial charge on any atom is 0.248 e. The molecule has 0 spiro atoms. The van der Waals surface area contributed by atoms with Crippen molar-refractivity contribution in [2.75, 3.05) is 19.8 Å². The number of carbonyl (C=O) groups is 1. The summed E-state index contributed by atoms with van der Waals surface area (Å²) in [5, 5.41) is 11.7. The van der Waals surface area contributed by atoms with E-state index >= 15 is 0 Å². The van der Waals surface area contributed by atoms with Crippen molar-refractivity contribution in [3.8, 4) is 0 Å². The van der Waals surface area contributed by atoms with Gasteiger partial charge in [-0.25, -0.2) is 0 Å². The summed E-state index contributed by atoms with van der Waals surface area (Å²) < 4.78 is 11.0. The zero-order valence-corrected chi connectivity index (χ0v) is 13.2. The molecular weight excluding hydrogens is 238 g/mol. The van der Waals surface area contributed by atoms with Gasteiger partial charge < -0.3 is 19.9 Å². The quantitative estimate of drug-likeness (QED) is 0.432.